The van der Waals surface area contributed by atoms with Crippen molar-refractivity contribution >= 4 is 21.6 Å². The molecule has 0 aromatic heterocycles. The van der Waals surface area contributed by atoms with Gasteiger partial charge in [-0.05, 0) is 41.9 Å². The van der Waals surface area contributed by atoms with E-state index in [0.717, 1.165) is 12.2 Å². The summed E-state index contributed by atoms with van der Waals surface area (Å²) in [7, 11) is 0. The van der Waals surface area contributed by atoms with Crippen LogP contribution in [-0.4, -0.2) is 12.1 Å². The van der Waals surface area contributed by atoms with E-state index < -0.39 is 0 Å². The summed E-state index contributed by atoms with van der Waals surface area (Å²) in [5, 5.41) is 3.20. The summed E-state index contributed by atoms with van der Waals surface area (Å²) < 4.78 is 19.3. The monoisotopic (exact) mass is 259 g/mol. The van der Waals surface area contributed by atoms with Gasteiger partial charge in [0.2, 0.25) is 0 Å². The number of hydrogen-bond acceptors (Lipinski definition) is 2. The number of benzene rings is 1. The van der Waals surface area contributed by atoms with Crippen LogP contribution in [0.4, 0.5) is 10.1 Å². The van der Waals surface area contributed by atoms with Crippen molar-refractivity contribution in [2.45, 2.75) is 19.4 Å². The molecular weight excluding hydrogens is 249 g/mol. The maximum absolute atomic E-state index is 13.2. The second-order valence-corrected chi connectivity index (χ2v) is 4.75. The van der Waals surface area contributed by atoms with Crippen molar-refractivity contribution in [1.29, 1.82) is 0 Å². The molecule has 0 spiro atoms. The van der Waals surface area contributed by atoms with E-state index in [1.807, 2.05) is 13.8 Å². The molecule has 4 heteroatoms. The fraction of sp³-hybridized carbons (Fsp3) is 0.400. The van der Waals surface area contributed by atoms with Gasteiger partial charge in [-0.15, -0.1) is 0 Å². The molecule has 0 atom stereocenters. The average Bonchev–Trinajstić information content (AvgIpc) is 2.11. The van der Waals surface area contributed by atoms with Crippen LogP contribution < -0.4 is 10.1 Å². The van der Waals surface area contributed by atoms with E-state index in [1.54, 1.807) is 6.07 Å². The largest absolute Gasteiger partial charge is 0.483 e. The van der Waals surface area contributed by atoms with E-state index >= 15 is 0 Å². The van der Waals surface area contributed by atoms with Gasteiger partial charge < -0.3 is 10.1 Å². The Morgan fingerprint density at radius 2 is 2.21 bits per heavy atom. The lowest BCUT2D eigenvalue weighted by Gasteiger charge is -2.34. The second kappa shape index (κ2) is 3.12. The van der Waals surface area contributed by atoms with E-state index in [9.17, 15) is 4.39 Å². The smallest absolute Gasteiger partial charge is 0.160 e. The topological polar surface area (TPSA) is 21.3 Å². The molecule has 14 heavy (non-hydrogen) atoms. The first-order valence-corrected chi connectivity index (χ1v) is 5.20. The summed E-state index contributed by atoms with van der Waals surface area (Å²) in [6, 6.07) is 3.10. The molecule has 0 fully saturated rings. The normalized spacial score (nSPS) is 18.0. The number of halogens is 2. The molecule has 76 valence electrons. The van der Waals surface area contributed by atoms with Crippen LogP contribution in [0.2, 0.25) is 0 Å². The molecule has 2 rings (SSSR count). The van der Waals surface area contributed by atoms with E-state index in [-0.39, 0.29) is 11.4 Å². The zero-order valence-corrected chi connectivity index (χ0v) is 9.61. The highest BCUT2D eigenvalue weighted by atomic mass is 79.9. The second-order valence-electron chi connectivity index (χ2n) is 3.95. The maximum atomic E-state index is 13.2. The summed E-state index contributed by atoms with van der Waals surface area (Å²) in [5.41, 5.74) is 0.529. The molecule has 0 radical (unpaired) electrons. The Balaban J connectivity index is 2.49. The molecule has 2 nitrogen and oxygen atoms in total. The molecule has 0 amide bonds. The van der Waals surface area contributed by atoms with Crippen LogP contribution >= 0.6 is 15.9 Å². The zero-order valence-electron chi connectivity index (χ0n) is 8.03. The first-order valence-electron chi connectivity index (χ1n) is 4.40. The van der Waals surface area contributed by atoms with Gasteiger partial charge in [0.25, 0.3) is 0 Å². The fourth-order valence-electron chi connectivity index (χ4n) is 1.39. The Bertz CT molecular complexity index is 379. The highest BCUT2D eigenvalue weighted by Gasteiger charge is 2.28. The highest BCUT2D eigenvalue weighted by Crippen LogP contribution is 2.40. The van der Waals surface area contributed by atoms with Crippen LogP contribution in [0, 0.1) is 5.82 Å². The zero-order chi connectivity index (χ0) is 10.3. The third-order valence-electron chi connectivity index (χ3n) is 2.13. The van der Waals surface area contributed by atoms with Gasteiger partial charge in [-0.25, -0.2) is 4.39 Å². The molecule has 1 aromatic carbocycles. The summed E-state index contributed by atoms with van der Waals surface area (Å²) in [4.78, 5) is 0. The summed E-state index contributed by atoms with van der Waals surface area (Å²) >= 11 is 3.18. The minimum Gasteiger partial charge on any atom is -0.483 e. The first kappa shape index (κ1) is 9.77. The number of fused-ring (bicyclic) bond motifs is 1. The van der Waals surface area contributed by atoms with Crippen LogP contribution in [0.15, 0.2) is 16.6 Å². The molecule has 1 aliphatic rings. The number of nitrogens with one attached hydrogen (secondary N) is 1. The van der Waals surface area contributed by atoms with Crippen molar-refractivity contribution in [2.24, 2.45) is 0 Å². The van der Waals surface area contributed by atoms with Crippen LogP contribution in [0.5, 0.6) is 5.75 Å². The van der Waals surface area contributed by atoms with Crippen molar-refractivity contribution in [3.05, 3.63) is 22.4 Å². The maximum Gasteiger partial charge on any atom is 0.160 e. The molecule has 1 N–H and O–H groups in total. The van der Waals surface area contributed by atoms with Gasteiger partial charge in [-0.3, -0.25) is 0 Å². The predicted molar refractivity (Wildman–Crippen MR) is 57.3 cm³/mol. The standard InChI is InChI=1S/C10H11BrFNO/c1-10(2)5-13-7-4-3-6(12)8(11)9(7)14-10/h3-4,13H,5H2,1-2H3. The van der Waals surface area contributed by atoms with Crippen molar-refractivity contribution in [1.82, 2.24) is 0 Å². The predicted octanol–water partition coefficient (Wildman–Crippen LogP) is 3.17. The quantitative estimate of drug-likeness (QED) is 0.773. The molecule has 0 unspecified atom stereocenters. The van der Waals surface area contributed by atoms with Gasteiger partial charge in [-0.1, -0.05) is 0 Å². The lowest BCUT2D eigenvalue weighted by atomic mass is 10.1. The molecule has 0 bridgehead atoms. The van der Waals surface area contributed by atoms with Crippen LogP contribution in [0.3, 0.4) is 0 Å². The molecule has 0 saturated heterocycles. The summed E-state index contributed by atoms with van der Waals surface area (Å²) in [5.74, 6) is 0.254. The van der Waals surface area contributed by atoms with Crippen molar-refractivity contribution < 1.29 is 9.13 Å². The number of anilines is 1. The van der Waals surface area contributed by atoms with Crippen LogP contribution in [0.1, 0.15) is 13.8 Å². The SMILES string of the molecule is CC1(C)CNc2ccc(F)c(Br)c2O1. The Morgan fingerprint density at radius 3 is 2.93 bits per heavy atom. The number of rotatable bonds is 0. The van der Waals surface area contributed by atoms with E-state index in [1.165, 1.54) is 6.07 Å². The Labute approximate surface area is 90.6 Å². The van der Waals surface area contributed by atoms with Gasteiger partial charge in [-0.2, -0.15) is 0 Å². The fourth-order valence-corrected chi connectivity index (χ4v) is 1.82. The molecule has 1 heterocycles. The van der Waals surface area contributed by atoms with Crippen molar-refractivity contribution in [3.8, 4) is 5.75 Å². The minimum absolute atomic E-state index is 0.302. The third-order valence-corrected chi connectivity index (χ3v) is 2.87. The highest BCUT2D eigenvalue weighted by molar-refractivity contribution is 9.10. The van der Waals surface area contributed by atoms with Crippen molar-refractivity contribution in [2.75, 3.05) is 11.9 Å². The lowest BCUT2D eigenvalue weighted by molar-refractivity contribution is 0.114. The van der Waals surface area contributed by atoms with Crippen LogP contribution in [0.25, 0.3) is 0 Å². The van der Waals surface area contributed by atoms with Gasteiger partial charge in [0, 0.05) is 0 Å². The van der Waals surface area contributed by atoms with Gasteiger partial charge in [0.1, 0.15) is 11.4 Å². The number of ether oxygens (including phenoxy) is 1. The van der Waals surface area contributed by atoms with E-state index in [0.29, 0.717) is 10.2 Å². The summed E-state index contributed by atoms with van der Waals surface area (Å²) in [6.07, 6.45) is 0. The first-order chi connectivity index (χ1) is 6.49. The molecule has 1 aromatic rings. The van der Waals surface area contributed by atoms with E-state index in [2.05, 4.69) is 21.2 Å². The molecular formula is C10H11BrFNO. The molecule has 1 aliphatic heterocycles. The Kier molecular flexibility index (Phi) is 2.18. The Morgan fingerprint density at radius 1 is 1.50 bits per heavy atom. The van der Waals surface area contributed by atoms with E-state index in [4.69, 9.17) is 4.74 Å². The minimum atomic E-state index is -0.303. The molecule has 0 aliphatic carbocycles. The van der Waals surface area contributed by atoms with Crippen LogP contribution in [-0.2, 0) is 0 Å². The van der Waals surface area contributed by atoms with Gasteiger partial charge in [0.15, 0.2) is 5.75 Å². The number of hydrogen-bond donors (Lipinski definition) is 1. The van der Waals surface area contributed by atoms with Gasteiger partial charge in [0.05, 0.1) is 16.7 Å². The average molecular weight is 260 g/mol. The third kappa shape index (κ3) is 1.59. The Hall–Kier alpha value is -0.770. The van der Waals surface area contributed by atoms with Crippen molar-refractivity contribution in [3.63, 3.8) is 0 Å². The molecule has 0 saturated carbocycles. The lowest BCUT2D eigenvalue weighted by Crippen LogP contribution is -2.40. The summed E-state index contributed by atoms with van der Waals surface area (Å²) in [6.45, 7) is 4.64. The van der Waals surface area contributed by atoms with Gasteiger partial charge >= 0.3 is 0 Å².